The van der Waals surface area contributed by atoms with Crippen molar-refractivity contribution in [1.82, 2.24) is 9.55 Å². The lowest BCUT2D eigenvalue weighted by Crippen LogP contribution is -2.00. The van der Waals surface area contributed by atoms with Crippen LogP contribution in [0.25, 0.3) is 5.69 Å². The number of anilines is 1. The van der Waals surface area contributed by atoms with E-state index in [9.17, 15) is 10.2 Å². The van der Waals surface area contributed by atoms with Gasteiger partial charge in [-0.1, -0.05) is 6.07 Å². The predicted molar refractivity (Wildman–Crippen MR) is 80.7 cm³/mol. The number of hydrogen-bond donors (Lipinski definition) is 3. The van der Waals surface area contributed by atoms with Crippen molar-refractivity contribution in [2.24, 2.45) is 0 Å². The zero-order chi connectivity index (χ0) is 14.7. The fourth-order valence-electron chi connectivity index (χ4n) is 2.09. The highest BCUT2D eigenvalue weighted by molar-refractivity contribution is 5.52. The molecule has 5 heteroatoms. The summed E-state index contributed by atoms with van der Waals surface area (Å²) in [4.78, 5) is 4.03. The number of phenols is 2. The maximum atomic E-state index is 9.76. The molecule has 0 saturated carbocycles. The molecule has 1 heterocycles. The summed E-state index contributed by atoms with van der Waals surface area (Å²) in [5.74, 6) is 0.131. The monoisotopic (exact) mass is 281 g/mol. The van der Waals surface area contributed by atoms with Crippen LogP contribution >= 0.6 is 0 Å². The van der Waals surface area contributed by atoms with Crippen molar-refractivity contribution >= 4 is 5.69 Å². The average molecular weight is 281 g/mol. The summed E-state index contributed by atoms with van der Waals surface area (Å²) in [6, 6.07) is 12.5. The van der Waals surface area contributed by atoms with Gasteiger partial charge in [-0.15, -0.1) is 0 Å². The maximum Gasteiger partial charge on any atom is 0.124 e. The molecule has 0 spiro atoms. The van der Waals surface area contributed by atoms with Crippen molar-refractivity contribution in [2.45, 2.75) is 6.54 Å². The zero-order valence-electron chi connectivity index (χ0n) is 11.3. The van der Waals surface area contributed by atoms with Crippen molar-refractivity contribution in [3.05, 3.63) is 66.7 Å². The largest absolute Gasteiger partial charge is 0.508 e. The number of aromatic hydroxyl groups is 2. The Hall–Kier alpha value is -2.95. The van der Waals surface area contributed by atoms with Gasteiger partial charge in [0.25, 0.3) is 0 Å². The molecular formula is C16H15N3O2. The second-order valence-corrected chi connectivity index (χ2v) is 4.69. The minimum Gasteiger partial charge on any atom is -0.508 e. The van der Waals surface area contributed by atoms with E-state index >= 15 is 0 Å². The van der Waals surface area contributed by atoms with Gasteiger partial charge >= 0.3 is 0 Å². The van der Waals surface area contributed by atoms with E-state index in [0.717, 1.165) is 16.9 Å². The summed E-state index contributed by atoms with van der Waals surface area (Å²) in [6.07, 6.45) is 5.35. The van der Waals surface area contributed by atoms with Crippen LogP contribution in [0.15, 0.2) is 61.2 Å². The third kappa shape index (κ3) is 2.97. The lowest BCUT2D eigenvalue weighted by Gasteiger charge is -2.10. The molecule has 3 N–H and O–H groups in total. The van der Waals surface area contributed by atoms with Gasteiger partial charge in [0.05, 0.1) is 6.33 Å². The Kier molecular flexibility index (Phi) is 3.47. The van der Waals surface area contributed by atoms with Gasteiger partial charge in [-0.05, 0) is 30.3 Å². The van der Waals surface area contributed by atoms with E-state index in [2.05, 4.69) is 10.3 Å². The van der Waals surface area contributed by atoms with Crippen LogP contribution < -0.4 is 5.32 Å². The molecule has 0 aliphatic carbocycles. The fourth-order valence-corrected chi connectivity index (χ4v) is 2.09. The van der Waals surface area contributed by atoms with E-state index < -0.39 is 0 Å². The molecule has 3 aromatic rings. The van der Waals surface area contributed by atoms with E-state index in [4.69, 9.17) is 0 Å². The molecule has 106 valence electrons. The number of nitrogens with zero attached hydrogens (tertiary/aromatic N) is 2. The average Bonchev–Trinajstić information content (AvgIpc) is 3.01. The smallest absolute Gasteiger partial charge is 0.124 e. The molecule has 2 aromatic carbocycles. The molecule has 3 rings (SSSR count). The number of hydrogen-bond acceptors (Lipinski definition) is 4. The van der Waals surface area contributed by atoms with Crippen molar-refractivity contribution in [3.63, 3.8) is 0 Å². The minimum absolute atomic E-state index is 0.0540. The first-order valence-corrected chi connectivity index (χ1v) is 6.55. The Balaban J connectivity index is 1.75. The molecule has 0 saturated heterocycles. The standard InChI is InChI=1S/C16H15N3O2/c20-15-5-4-12(16(21)9-15)10-18-13-2-1-3-14(8-13)19-7-6-17-11-19/h1-9,11,18,20-21H,10H2. The SMILES string of the molecule is Oc1ccc(CNc2cccc(-n3ccnc3)c2)c(O)c1. The maximum absolute atomic E-state index is 9.76. The van der Waals surface area contributed by atoms with Crippen LogP contribution in [0.4, 0.5) is 5.69 Å². The van der Waals surface area contributed by atoms with Gasteiger partial charge in [0.2, 0.25) is 0 Å². The molecule has 0 aliphatic heterocycles. The van der Waals surface area contributed by atoms with Gasteiger partial charge in [0, 0.05) is 41.9 Å². The lowest BCUT2D eigenvalue weighted by molar-refractivity contribution is 0.446. The van der Waals surface area contributed by atoms with Crippen molar-refractivity contribution in [3.8, 4) is 17.2 Å². The van der Waals surface area contributed by atoms with Gasteiger partial charge in [-0.25, -0.2) is 4.98 Å². The summed E-state index contributed by atoms with van der Waals surface area (Å²) in [5.41, 5.74) is 2.67. The molecule has 0 atom stereocenters. The third-order valence-electron chi connectivity index (χ3n) is 3.20. The molecule has 0 radical (unpaired) electrons. The second-order valence-electron chi connectivity index (χ2n) is 4.69. The van der Waals surface area contributed by atoms with Crippen LogP contribution in [0.5, 0.6) is 11.5 Å². The summed E-state index contributed by atoms with van der Waals surface area (Å²) >= 11 is 0. The van der Waals surface area contributed by atoms with E-state index in [1.54, 1.807) is 24.7 Å². The number of phenolic OH excluding ortho intramolecular Hbond substituents is 2. The van der Waals surface area contributed by atoms with Gasteiger partial charge in [-0.2, -0.15) is 0 Å². The molecule has 1 aromatic heterocycles. The van der Waals surface area contributed by atoms with Gasteiger partial charge < -0.3 is 20.1 Å². The van der Waals surface area contributed by atoms with E-state index in [1.165, 1.54) is 6.07 Å². The fraction of sp³-hybridized carbons (Fsp3) is 0.0625. The molecule has 0 aliphatic rings. The highest BCUT2D eigenvalue weighted by atomic mass is 16.3. The molecule has 0 amide bonds. The van der Waals surface area contributed by atoms with Crippen LogP contribution in [0.1, 0.15) is 5.56 Å². The Morgan fingerprint density at radius 2 is 2.00 bits per heavy atom. The molecule has 0 fully saturated rings. The third-order valence-corrected chi connectivity index (χ3v) is 3.20. The Labute approximate surface area is 122 Å². The number of imidazole rings is 1. The number of rotatable bonds is 4. The molecule has 5 nitrogen and oxygen atoms in total. The first kappa shape index (κ1) is 13.1. The summed E-state index contributed by atoms with van der Waals surface area (Å²) in [5, 5.41) is 22.3. The van der Waals surface area contributed by atoms with E-state index in [0.29, 0.717) is 6.54 Å². The van der Waals surface area contributed by atoms with Gasteiger partial charge in [0.15, 0.2) is 0 Å². The van der Waals surface area contributed by atoms with Crippen LogP contribution in [-0.4, -0.2) is 19.8 Å². The summed E-state index contributed by atoms with van der Waals surface area (Å²) < 4.78 is 1.92. The first-order chi connectivity index (χ1) is 10.2. The Morgan fingerprint density at radius 3 is 2.76 bits per heavy atom. The van der Waals surface area contributed by atoms with Crippen LogP contribution in [0, 0.1) is 0 Å². The Morgan fingerprint density at radius 1 is 1.10 bits per heavy atom. The van der Waals surface area contributed by atoms with Crippen molar-refractivity contribution in [1.29, 1.82) is 0 Å². The van der Waals surface area contributed by atoms with Crippen molar-refractivity contribution < 1.29 is 10.2 Å². The number of nitrogens with one attached hydrogen (secondary N) is 1. The van der Waals surface area contributed by atoms with E-state index in [-0.39, 0.29) is 11.5 Å². The second kappa shape index (κ2) is 5.58. The van der Waals surface area contributed by atoms with Gasteiger partial charge in [0.1, 0.15) is 11.5 Å². The molecule has 0 unspecified atom stereocenters. The topological polar surface area (TPSA) is 70.3 Å². The molecule has 0 bridgehead atoms. The van der Waals surface area contributed by atoms with Gasteiger partial charge in [-0.3, -0.25) is 0 Å². The van der Waals surface area contributed by atoms with Crippen LogP contribution in [0.2, 0.25) is 0 Å². The first-order valence-electron chi connectivity index (χ1n) is 6.55. The van der Waals surface area contributed by atoms with Crippen molar-refractivity contribution in [2.75, 3.05) is 5.32 Å². The number of benzene rings is 2. The van der Waals surface area contributed by atoms with E-state index in [1.807, 2.05) is 35.0 Å². The van der Waals surface area contributed by atoms with Crippen LogP contribution in [0.3, 0.4) is 0 Å². The predicted octanol–water partition coefficient (Wildman–Crippen LogP) is 2.90. The lowest BCUT2D eigenvalue weighted by atomic mass is 10.2. The number of aromatic nitrogens is 2. The summed E-state index contributed by atoms with van der Waals surface area (Å²) in [7, 11) is 0. The zero-order valence-corrected chi connectivity index (χ0v) is 11.3. The highest BCUT2D eigenvalue weighted by Gasteiger charge is 2.03. The summed E-state index contributed by atoms with van der Waals surface area (Å²) in [6.45, 7) is 0.472. The Bertz CT molecular complexity index is 739. The quantitative estimate of drug-likeness (QED) is 0.687. The molecular weight excluding hydrogens is 266 g/mol. The van der Waals surface area contributed by atoms with Crippen LogP contribution in [-0.2, 0) is 6.54 Å². The molecule has 21 heavy (non-hydrogen) atoms. The minimum atomic E-state index is 0.0540. The normalized spacial score (nSPS) is 10.5. The highest BCUT2D eigenvalue weighted by Crippen LogP contribution is 2.23.